The van der Waals surface area contributed by atoms with E-state index in [-0.39, 0.29) is 24.0 Å². The molecule has 3 aromatic carbocycles. The number of nitrogens with zero attached hydrogens (tertiary/aromatic N) is 1. The summed E-state index contributed by atoms with van der Waals surface area (Å²) >= 11 is 0. The molecule has 0 aliphatic carbocycles. The molecule has 0 aliphatic rings. The van der Waals surface area contributed by atoms with Crippen LogP contribution in [0.2, 0.25) is 0 Å². The fraction of sp³-hybridized carbons (Fsp3) is 0.208. The first-order valence-electron chi connectivity index (χ1n) is 9.93. The van der Waals surface area contributed by atoms with Crippen molar-refractivity contribution in [1.29, 1.82) is 0 Å². The van der Waals surface area contributed by atoms with E-state index in [0.717, 1.165) is 11.1 Å². The summed E-state index contributed by atoms with van der Waals surface area (Å²) in [5, 5.41) is 2.89. The fourth-order valence-electron chi connectivity index (χ4n) is 3.30. The van der Waals surface area contributed by atoms with Gasteiger partial charge in [0.15, 0.2) is 0 Å². The third-order valence-corrected chi connectivity index (χ3v) is 6.69. The van der Waals surface area contributed by atoms with E-state index in [4.69, 9.17) is 4.74 Å². The number of amides is 1. The Morgan fingerprint density at radius 1 is 0.935 bits per heavy atom. The van der Waals surface area contributed by atoms with Crippen molar-refractivity contribution in [1.82, 2.24) is 9.62 Å². The molecule has 6 nitrogen and oxygen atoms in total. The minimum Gasteiger partial charge on any atom is -0.496 e. The average molecular weight is 439 g/mol. The van der Waals surface area contributed by atoms with Gasteiger partial charge in [-0.25, -0.2) is 8.42 Å². The number of hydrogen-bond donors (Lipinski definition) is 1. The minimum absolute atomic E-state index is 0.0918. The number of rotatable bonds is 9. The van der Waals surface area contributed by atoms with Crippen LogP contribution >= 0.6 is 0 Å². The summed E-state index contributed by atoms with van der Waals surface area (Å²) < 4.78 is 33.1. The first-order chi connectivity index (χ1) is 14.9. The average Bonchev–Trinajstić information content (AvgIpc) is 2.79. The molecular formula is C24H26N2O4S. The lowest BCUT2D eigenvalue weighted by atomic mass is 10.1. The second-order valence-electron chi connectivity index (χ2n) is 7.10. The zero-order valence-corrected chi connectivity index (χ0v) is 18.4. The number of nitrogens with one attached hydrogen (secondary N) is 1. The summed E-state index contributed by atoms with van der Waals surface area (Å²) in [5.74, 6) is 0.266. The third-order valence-electron chi connectivity index (χ3n) is 4.89. The van der Waals surface area contributed by atoms with Gasteiger partial charge in [0.05, 0.1) is 24.6 Å². The van der Waals surface area contributed by atoms with Gasteiger partial charge in [0.1, 0.15) is 5.75 Å². The van der Waals surface area contributed by atoms with Crippen LogP contribution in [0.15, 0.2) is 89.8 Å². The molecule has 1 N–H and O–H groups in total. The van der Waals surface area contributed by atoms with Crippen LogP contribution in [0.1, 0.15) is 24.1 Å². The molecule has 0 aliphatic heterocycles. The standard InChI is InChI=1S/C24H26N2O4S/c1-19(22-15-9-10-16-23(22)30-2)25-24(27)18-26(17-20-11-5-3-6-12-20)31(28,29)21-13-7-4-8-14-21/h3-16,19H,17-18H2,1-2H3,(H,25,27). The van der Waals surface area contributed by atoms with Gasteiger partial charge in [0.2, 0.25) is 15.9 Å². The SMILES string of the molecule is COc1ccccc1C(C)NC(=O)CN(Cc1ccccc1)S(=O)(=O)c1ccccc1. The molecule has 1 atom stereocenters. The van der Waals surface area contributed by atoms with Crippen LogP contribution in [-0.4, -0.2) is 32.3 Å². The van der Waals surface area contributed by atoms with Gasteiger partial charge >= 0.3 is 0 Å². The number of ether oxygens (including phenoxy) is 1. The van der Waals surface area contributed by atoms with E-state index in [1.807, 2.05) is 61.5 Å². The van der Waals surface area contributed by atoms with Crippen LogP contribution < -0.4 is 10.1 Å². The van der Waals surface area contributed by atoms with Gasteiger partial charge in [0.25, 0.3) is 0 Å². The van der Waals surface area contributed by atoms with E-state index in [2.05, 4.69) is 5.32 Å². The number of methoxy groups -OCH3 is 1. The van der Waals surface area contributed by atoms with Crippen molar-refractivity contribution in [2.24, 2.45) is 0 Å². The molecule has 0 fully saturated rings. The lowest BCUT2D eigenvalue weighted by Crippen LogP contribution is -2.41. The normalized spacial score (nSPS) is 12.4. The Bertz CT molecular complexity index is 1100. The van der Waals surface area contributed by atoms with Gasteiger partial charge < -0.3 is 10.1 Å². The summed E-state index contributed by atoms with van der Waals surface area (Å²) in [6.45, 7) is 1.63. The zero-order chi connectivity index (χ0) is 22.3. The third kappa shape index (κ3) is 5.71. The van der Waals surface area contributed by atoms with Crippen molar-refractivity contribution in [3.05, 3.63) is 96.1 Å². The molecule has 1 unspecified atom stereocenters. The molecule has 0 heterocycles. The van der Waals surface area contributed by atoms with Crippen LogP contribution in [0, 0.1) is 0 Å². The second-order valence-corrected chi connectivity index (χ2v) is 9.04. The Kier molecular flexibility index (Phi) is 7.44. The number of carbonyl (C=O) groups is 1. The number of hydrogen-bond acceptors (Lipinski definition) is 4. The summed E-state index contributed by atoms with van der Waals surface area (Å²) in [6.07, 6.45) is 0. The Morgan fingerprint density at radius 2 is 1.52 bits per heavy atom. The first-order valence-corrected chi connectivity index (χ1v) is 11.4. The monoisotopic (exact) mass is 438 g/mol. The van der Waals surface area contributed by atoms with Crippen LogP contribution in [-0.2, 0) is 21.4 Å². The van der Waals surface area contributed by atoms with Gasteiger partial charge in [-0.2, -0.15) is 4.31 Å². The lowest BCUT2D eigenvalue weighted by molar-refractivity contribution is -0.122. The van der Waals surface area contributed by atoms with Gasteiger partial charge in [-0.05, 0) is 30.7 Å². The number of sulfonamides is 1. The Balaban J connectivity index is 1.82. The molecule has 0 bridgehead atoms. The van der Waals surface area contributed by atoms with Crippen molar-refractivity contribution in [2.45, 2.75) is 24.4 Å². The first kappa shape index (κ1) is 22.5. The Labute approximate surface area is 183 Å². The maximum absolute atomic E-state index is 13.3. The molecule has 3 rings (SSSR count). The molecule has 31 heavy (non-hydrogen) atoms. The molecule has 3 aromatic rings. The maximum atomic E-state index is 13.3. The van der Waals surface area contributed by atoms with Crippen molar-refractivity contribution in [3.63, 3.8) is 0 Å². The molecule has 1 amide bonds. The van der Waals surface area contributed by atoms with Crippen LogP contribution in [0.3, 0.4) is 0 Å². The second kappa shape index (κ2) is 10.2. The Hall–Kier alpha value is -3.16. The smallest absolute Gasteiger partial charge is 0.243 e. The van der Waals surface area contributed by atoms with Gasteiger partial charge in [-0.1, -0.05) is 66.7 Å². The largest absolute Gasteiger partial charge is 0.496 e. The molecular weight excluding hydrogens is 412 g/mol. The molecule has 0 radical (unpaired) electrons. The molecule has 0 aromatic heterocycles. The summed E-state index contributed by atoms with van der Waals surface area (Å²) in [7, 11) is -2.29. The summed E-state index contributed by atoms with van der Waals surface area (Å²) in [4.78, 5) is 13.0. The number of benzene rings is 3. The molecule has 7 heteroatoms. The highest BCUT2D eigenvalue weighted by Crippen LogP contribution is 2.24. The van der Waals surface area contributed by atoms with Gasteiger partial charge in [-0.15, -0.1) is 0 Å². The fourth-order valence-corrected chi connectivity index (χ4v) is 4.71. The summed E-state index contributed by atoms with van der Waals surface area (Å²) in [6, 6.07) is 24.4. The van der Waals surface area contributed by atoms with Crippen LogP contribution in [0.25, 0.3) is 0 Å². The quantitative estimate of drug-likeness (QED) is 0.552. The topological polar surface area (TPSA) is 75.7 Å². The van der Waals surface area contributed by atoms with E-state index in [0.29, 0.717) is 5.75 Å². The van der Waals surface area contributed by atoms with Crippen molar-refractivity contribution in [3.8, 4) is 5.75 Å². The minimum atomic E-state index is -3.86. The molecule has 0 spiro atoms. The highest BCUT2D eigenvalue weighted by atomic mass is 32.2. The predicted molar refractivity (Wildman–Crippen MR) is 120 cm³/mol. The van der Waals surface area contributed by atoms with Crippen LogP contribution in [0.5, 0.6) is 5.75 Å². The highest BCUT2D eigenvalue weighted by Gasteiger charge is 2.27. The van der Waals surface area contributed by atoms with E-state index in [9.17, 15) is 13.2 Å². The van der Waals surface area contributed by atoms with E-state index >= 15 is 0 Å². The van der Waals surface area contributed by atoms with E-state index in [1.165, 1.54) is 16.4 Å². The number of carbonyl (C=O) groups excluding carboxylic acids is 1. The molecule has 162 valence electrons. The zero-order valence-electron chi connectivity index (χ0n) is 17.6. The lowest BCUT2D eigenvalue weighted by Gasteiger charge is -2.23. The van der Waals surface area contributed by atoms with Crippen LogP contribution in [0.4, 0.5) is 0 Å². The molecule has 0 saturated carbocycles. The highest BCUT2D eigenvalue weighted by molar-refractivity contribution is 7.89. The van der Waals surface area contributed by atoms with Gasteiger partial charge in [-0.3, -0.25) is 4.79 Å². The van der Waals surface area contributed by atoms with Crippen molar-refractivity contribution >= 4 is 15.9 Å². The van der Waals surface area contributed by atoms with Gasteiger partial charge in [0, 0.05) is 12.1 Å². The molecule has 0 saturated heterocycles. The summed E-state index contributed by atoms with van der Waals surface area (Å²) in [5.41, 5.74) is 1.62. The predicted octanol–water partition coefficient (Wildman–Crippen LogP) is 3.76. The number of para-hydroxylation sites is 1. The maximum Gasteiger partial charge on any atom is 0.243 e. The van der Waals surface area contributed by atoms with Crippen molar-refractivity contribution < 1.29 is 17.9 Å². The van der Waals surface area contributed by atoms with Crippen molar-refractivity contribution in [2.75, 3.05) is 13.7 Å². The van der Waals surface area contributed by atoms with E-state index in [1.54, 1.807) is 25.3 Å². The van der Waals surface area contributed by atoms with E-state index < -0.39 is 15.9 Å². The Morgan fingerprint density at radius 3 is 2.16 bits per heavy atom.